The Hall–Kier alpha value is -5.10. The predicted octanol–water partition coefficient (Wildman–Crippen LogP) is 3.93. The zero-order valence-electron chi connectivity index (χ0n) is 26.9. The molecule has 2 aliphatic heterocycles. The summed E-state index contributed by atoms with van der Waals surface area (Å²) in [6, 6.07) is 18.5. The molecule has 4 bridgehead atoms. The van der Waals surface area contributed by atoms with Crippen LogP contribution in [-0.2, 0) is 34.4 Å². The number of amides is 3. The number of carbonyl (C=O) groups excluding carboxylic acids is 3. The van der Waals surface area contributed by atoms with E-state index in [2.05, 4.69) is 15.5 Å². The first-order valence-electron chi connectivity index (χ1n) is 15.9. The number of hydrogen-bond donors (Lipinski definition) is 2. The number of benzene rings is 2. The molecule has 246 valence electrons. The van der Waals surface area contributed by atoms with Gasteiger partial charge in [0.1, 0.15) is 17.1 Å². The van der Waals surface area contributed by atoms with Gasteiger partial charge in [-0.3, -0.25) is 19.5 Å². The highest BCUT2D eigenvalue weighted by molar-refractivity contribution is 5.93. The van der Waals surface area contributed by atoms with Gasteiger partial charge in [0.05, 0.1) is 38.1 Å². The van der Waals surface area contributed by atoms with Crippen LogP contribution in [0.4, 0.5) is 0 Å². The van der Waals surface area contributed by atoms with Crippen molar-refractivity contribution in [3.8, 4) is 28.6 Å². The number of aromatic nitrogens is 3. The van der Waals surface area contributed by atoms with Crippen LogP contribution in [0.1, 0.15) is 41.4 Å². The van der Waals surface area contributed by atoms with E-state index in [0.717, 1.165) is 16.8 Å². The zero-order chi connectivity index (χ0) is 32.9. The molecule has 12 nitrogen and oxygen atoms in total. The standard InChI is InChI=1S/C35H40N6O6/c1-4-40-21-33(42)36-26-14-16-41(35(44)28-19-27(37-38-28)29-9-6-15-39(29)2)20-32(26)46-22-24-7-5-8-25(17-24)47-31-18-23(11-13-34(40)43)10-12-30(31)45-3/h5-10,12,15,17-19,26,32H,4,11,13-14,16,20-22H2,1-3H3,(H,36,42)(H,37,38)/t26-,32-/m0/s1. The van der Waals surface area contributed by atoms with Gasteiger partial charge in [0.15, 0.2) is 11.5 Å². The second-order valence-corrected chi connectivity index (χ2v) is 11.9. The number of aryl methyl sites for hydroxylation is 2. The highest BCUT2D eigenvalue weighted by Gasteiger charge is 2.35. The molecule has 0 unspecified atom stereocenters. The van der Waals surface area contributed by atoms with Gasteiger partial charge in [0, 0.05) is 39.3 Å². The second kappa shape index (κ2) is 14.1. The van der Waals surface area contributed by atoms with Gasteiger partial charge >= 0.3 is 0 Å². The van der Waals surface area contributed by atoms with E-state index < -0.39 is 6.10 Å². The molecule has 2 aromatic heterocycles. The van der Waals surface area contributed by atoms with Gasteiger partial charge in [-0.25, -0.2) is 0 Å². The second-order valence-electron chi connectivity index (χ2n) is 11.9. The quantitative estimate of drug-likeness (QED) is 0.346. The fraction of sp³-hybridized carbons (Fsp3) is 0.371. The summed E-state index contributed by atoms with van der Waals surface area (Å²) in [7, 11) is 3.51. The molecule has 0 aliphatic carbocycles. The minimum absolute atomic E-state index is 0.0592. The molecule has 2 aliphatic rings. The molecular weight excluding hydrogens is 600 g/mol. The first kappa shape index (κ1) is 31.9. The van der Waals surface area contributed by atoms with E-state index in [1.54, 1.807) is 23.0 Å². The summed E-state index contributed by atoms with van der Waals surface area (Å²) in [5.74, 6) is 1.15. The molecule has 2 atom stereocenters. The van der Waals surface area contributed by atoms with E-state index in [4.69, 9.17) is 14.2 Å². The van der Waals surface area contributed by atoms with Crippen LogP contribution in [-0.4, -0.2) is 87.7 Å². The monoisotopic (exact) mass is 640 g/mol. The Kier molecular flexibility index (Phi) is 9.58. The maximum atomic E-state index is 13.6. The molecular formula is C35H40N6O6. The summed E-state index contributed by atoms with van der Waals surface area (Å²) in [5.41, 5.74) is 3.75. The molecule has 47 heavy (non-hydrogen) atoms. The molecule has 3 amide bonds. The average Bonchev–Trinajstić information content (AvgIpc) is 3.74. The minimum atomic E-state index is -0.502. The van der Waals surface area contributed by atoms with Gasteiger partial charge in [-0.15, -0.1) is 0 Å². The minimum Gasteiger partial charge on any atom is -0.493 e. The number of ether oxygens (including phenoxy) is 3. The average molecular weight is 641 g/mol. The fourth-order valence-electron chi connectivity index (χ4n) is 6.09. The Balaban J connectivity index is 1.24. The number of nitrogens with zero attached hydrogens (tertiary/aromatic N) is 4. The molecule has 1 fully saturated rings. The van der Waals surface area contributed by atoms with Crippen molar-refractivity contribution in [2.45, 2.75) is 44.9 Å². The third-order valence-electron chi connectivity index (χ3n) is 8.72. The van der Waals surface area contributed by atoms with Crippen molar-refractivity contribution in [2.75, 3.05) is 33.3 Å². The first-order valence-corrected chi connectivity index (χ1v) is 15.9. The van der Waals surface area contributed by atoms with E-state index in [0.29, 0.717) is 54.6 Å². The summed E-state index contributed by atoms with van der Waals surface area (Å²) in [4.78, 5) is 43.4. The smallest absolute Gasteiger partial charge is 0.271 e. The van der Waals surface area contributed by atoms with Crippen molar-refractivity contribution >= 4 is 17.7 Å². The number of likely N-dealkylation sites (tertiary alicyclic amines) is 1. The number of hydrogen-bond acceptors (Lipinski definition) is 7. The molecule has 4 heterocycles. The van der Waals surface area contributed by atoms with Gasteiger partial charge in [-0.05, 0) is 73.4 Å². The molecule has 12 heteroatoms. The molecule has 0 radical (unpaired) electrons. The van der Waals surface area contributed by atoms with E-state index in [1.807, 2.05) is 79.3 Å². The van der Waals surface area contributed by atoms with Crippen LogP contribution in [0.25, 0.3) is 11.4 Å². The van der Waals surface area contributed by atoms with Crippen molar-refractivity contribution in [1.82, 2.24) is 29.9 Å². The van der Waals surface area contributed by atoms with Crippen molar-refractivity contribution in [3.63, 3.8) is 0 Å². The van der Waals surface area contributed by atoms with Crippen LogP contribution < -0.4 is 14.8 Å². The van der Waals surface area contributed by atoms with Crippen LogP contribution >= 0.6 is 0 Å². The van der Waals surface area contributed by atoms with Crippen LogP contribution in [0.3, 0.4) is 0 Å². The topological polar surface area (TPSA) is 131 Å². The number of methoxy groups -OCH3 is 1. The van der Waals surface area contributed by atoms with Crippen molar-refractivity contribution in [3.05, 3.63) is 83.7 Å². The molecule has 2 aromatic carbocycles. The number of carbonyl (C=O) groups is 3. The predicted molar refractivity (Wildman–Crippen MR) is 174 cm³/mol. The van der Waals surface area contributed by atoms with E-state index in [9.17, 15) is 14.4 Å². The number of aromatic amines is 1. The van der Waals surface area contributed by atoms with Crippen molar-refractivity contribution in [1.29, 1.82) is 0 Å². The number of fused-ring (bicyclic) bond motifs is 5. The van der Waals surface area contributed by atoms with Crippen LogP contribution in [0, 0.1) is 0 Å². The number of nitrogens with one attached hydrogen (secondary N) is 2. The number of H-pyrrole nitrogens is 1. The van der Waals surface area contributed by atoms with Crippen LogP contribution in [0.2, 0.25) is 0 Å². The lowest BCUT2D eigenvalue weighted by Crippen LogP contribution is -2.57. The molecule has 0 spiro atoms. The van der Waals surface area contributed by atoms with Gasteiger partial charge in [0.2, 0.25) is 11.8 Å². The van der Waals surface area contributed by atoms with Gasteiger partial charge in [-0.2, -0.15) is 5.10 Å². The van der Waals surface area contributed by atoms with Crippen molar-refractivity contribution in [2.24, 2.45) is 7.05 Å². The molecule has 4 aromatic rings. The third kappa shape index (κ3) is 7.33. The van der Waals surface area contributed by atoms with Gasteiger partial charge < -0.3 is 33.9 Å². The van der Waals surface area contributed by atoms with E-state index >= 15 is 0 Å². The third-order valence-corrected chi connectivity index (χ3v) is 8.72. The lowest BCUT2D eigenvalue weighted by atomic mass is 10.0. The Labute approximate surface area is 273 Å². The molecule has 0 saturated carbocycles. The lowest BCUT2D eigenvalue weighted by molar-refractivity contribution is -0.136. The number of likely N-dealkylation sites (N-methyl/N-ethyl adjacent to an activating group) is 1. The summed E-state index contributed by atoms with van der Waals surface area (Å²) >= 11 is 0. The largest absolute Gasteiger partial charge is 0.493 e. The SMILES string of the molecule is CCN1CC(=O)N[C@H]2CCN(C(=O)c3cc(-c4cccn4C)n[nH]3)C[C@@H]2OCc2cccc(c2)Oc2cc(ccc2OC)CCC1=O. The summed E-state index contributed by atoms with van der Waals surface area (Å²) in [6.07, 6.45) is 2.64. The fourth-order valence-corrected chi connectivity index (χ4v) is 6.09. The summed E-state index contributed by atoms with van der Waals surface area (Å²) in [5, 5.41) is 10.4. The molecule has 2 N–H and O–H groups in total. The Morgan fingerprint density at radius 1 is 1.06 bits per heavy atom. The van der Waals surface area contributed by atoms with Crippen LogP contribution in [0.15, 0.2) is 66.9 Å². The zero-order valence-corrected chi connectivity index (χ0v) is 26.9. The Bertz CT molecular complexity index is 1750. The highest BCUT2D eigenvalue weighted by atomic mass is 16.5. The Morgan fingerprint density at radius 3 is 2.72 bits per heavy atom. The Morgan fingerprint density at radius 2 is 1.94 bits per heavy atom. The normalized spacial score (nSPS) is 19.2. The highest BCUT2D eigenvalue weighted by Crippen LogP contribution is 2.33. The maximum Gasteiger partial charge on any atom is 0.271 e. The summed E-state index contributed by atoms with van der Waals surface area (Å²) in [6.45, 7) is 3.12. The van der Waals surface area contributed by atoms with Crippen molar-refractivity contribution < 1.29 is 28.6 Å². The molecule has 1 saturated heterocycles. The summed E-state index contributed by atoms with van der Waals surface area (Å²) < 4.78 is 20.2. The number of piperidine rings is 1. The van der Waals surface area contributed by atoms with E-state index in [-0.39, 0.29) is 49.9 Å². The lowest BCUT2D eigenvalue weighted by Gasteiger charge is -2.38. The molecule has 6 rings (SSSR count). The maximum absolute atomic E-state index is 13.6. The van der Waals surface area contributed by atoms with E-state index in [1.165, 1.54) is 0 Å². The van der Waals surface area contributed by atoms with Gasteiger partial charge in [0.25, 0.3) is 5.91 Å². The number of rotatable bonds is 4. The van der Waals surface area contributed by atoms with Gasteiger partial charge in [-0.1, -0.05) is 18.2 Å². The first-order chi connectivity index (χ1) is 22.8. The van der Waals surface area contributed by atoms with Crippen LogP contribution in [0.5, 0.6) is 17.2 Å².